The van der Waals surface area contributed by atoms with Crippen LogP contribution in [0.5, 0.6) is 0 Å². The lowest BCUT2D eigenvalue weighted by Crippen LogP contribution is -2.41. The van der Waals surface area contributed by atoms with E-state index in [2.05, 4.69) is 15.0 Å². The maximum atomic E-state index is 14.8. The fourth-order valence-corrected chi connectivity index (χ4v) is 4.56. The summed E-state index contributed by atoms with van der Waals surface area (Å²) in [6.45, 7) is 1.48. The van der Waals surface area contributed by atoms with Crippen LogP contribution >= 0.6 is 0 Å². The van der Waals surface area contributed by atoms with Crippen molar-refractivity contribution in [1.82, 2.24) is 4.72 Å². The van der Waals surface area contributed by atoms with Crippen LogP contribution in [0.2, 0.25) is 0 Å². The first-order valence-corrected chi connectivity index (χ1v) is 11.0. The number of nitrogens with one attached hydrogen (secondary N) is 2. The van der Waals surface area contributed by atoms with Gasteiger partial charge in [-0.2, -0.15) is 0 Å². The highest BCUT2D eigenvalue weighted by atomic mass is 32.2. The van der Waals surface area contributed by atoms with Crippen molar-refractivity contribution in [2.24, 2.45) is 4.99 Å². The molecular formula is C22H17F4N3O2S. The molecule has 0 amide bonds. The molecule has 0 bridgehead atoms. The van der Waals surface area contributed by atoms with E-state index in [4.69, 9.17) is 0 Å². The molecule has 0 atom stereocenters. The third kappa shape index (κ3) is 4.18. The van der Waals surface area contributed by atoms with Gasteiger partial charge in [-0.15, -0.1) is 0 Å². The number of nitrogens with zero attached hydrogens (tertiary/aromatic N) is 1. The molecule has 10 heteroatoms. The highest BCUT2D eigenvalue weighted by molar-refractivity contribution is 7.90. The van der Waals surface area contributed by atoms with Crippen LogP contribution in [-0.2, 0) is 23.0 Å². The minimum absolute atomic E-state index is 0.0242. The van der Waals surface area contributed by atoms with Crippen molar-refractivity contribution < 1.29 is 26.0 Å². The summed E-state index contributed by atoms with van der Waals surface area (Å²) in [5.41, 5.74) is 1.20. The molecule has 0 aliphatic carbocycles. The summed E-state index contributed by atoms with van der Waals surface area (Å²) in [5, 5.41) is 2.69. The van der Waals surface area contributed by atoms with Crippen molar-refractivity contribution in [1.29, 1.82) is 0 Å². The van der Waals surface area contributed by atoms with Crippen LogP contribution in [0.4, 0.5) is 23.2 Å². The molecule has 0 saturated carbocycles. The predicted molar refractivity (Wildman–Crippen MR) is 112 cm³/mol. The van der Waals surface area contributed by atoms with Crippen LogP contribution in [0.1, 0.15) is 22.3 Å². The van der Waals surface area contributed by atoms with Crippen molar-refractivity contribution in [3.05, 3.63) is 94.1 Å². The fourth-order valence-electron chi connectivity index (χ4n) is 3.38. The lowest BCUT2D eigenvalue weighted by atomic mass is 9.98. The minimum atomic E-state index is -4.28. The van der Waals surface area contributed by atoms with Gasteiger partial charge in [0.25, 0.3) is 10.0 Å². The summed E-state index contributed by atoms with van der Waals surface area (Å²) in [5.74, 6) is -4.38. The smallest absolute Gasteiger partial charge is 0.266 e. The summed E-state index contributed by atoms with van der Waals surface area (Å²) in [6.07, 6.45) is -0.0685. The number of hydrogen-bond acceptors (Lipinski definition) is 3. The lowest BCUT2D eigenvalue weighted by molar-refractivity contribution is 0.497. The van der Waals surface area contributed by atoms with Crippen molar-refractivity contribution >= 4 is 21.7 Å². The second kappa shape index (κ2) is 8.27. The topological polar surface area (TPSA) is 70.6 Å². The molecular weight excluding hydrogens is 446 g/mol. The number of aliphatic imine (C=N–C) groups is 1. The number of benzene rings is 3. The summed E-state index contributed by atoms with van der Waals surface area (Å²) in [4.78, 5) is 3.53. The van der Waals surface area contributed by atoms with Crippen LogP contribution in [0.3, 0.4) is 0 Å². The summed E-state index contributed by atoms with van der Waals surface area (Å²) in [6, 6.07) is 10.6. The van der Waals surface area contributed by atoms with E-state index >= 15 is 0 Å². The fraction of sp³-hybridized carbons (Fsp3) is 0.136. The number of aryl methyl sites for hydroxylation is 1. The third-order valence-corrected chi connectivity index (χ3v) is 6.46. The zero-order chi connectivity index (χ0) is 23.0. The van der Waals surface area contributed by atoms with Crippen LogP contribution in [0, 0.1) is 30.2 Å². The number of anilines is 1. The molecule has 5 nitrogen and oxygen atoms in total. The van der Waals surface area contributed by atoms with Crippen LogP contribution in [0.25, 0.3) is 0 Å². The molecule has 0 saturated heterocycles. The Morgan fingerprint density at radius 2 is 1.69 bits per heavy atom. The first-order valence-electron chi connectivity index (χ1n) is 9.49. The van der Waals surface area contributed by atoms with E-state index in [1.807, 2.05) is 0 Å². The monoisotopic (exact) mass is 463 g/mol. The Bertz CT molecular complexity index is 1360. The van der Waals surface area contributed by atoms with E-state index in [9.17, 15) is 26.0 Å². The number of guanidine groups is 1. The standard InChI is InChI=1S/C22H17F4N3O2S/c1-12-4-2-3-5-13(12)8-16-20(26)18(25)10-19-21(16)28-22(29-32(19,30)31)27-11-14-6-7-15(23)9-17(14)24/h2-7,9-10H,8,11H2,1H3,(H2,27,28,29). The Labute approximate surface area is 181 Å². The second-order valence-corrected chi connectivity index (χ2v) is 8.91. The average Bonchev–Trinajstić information content (AvgIpc) is 2.72. The maximum Gasteiger partial charge on any atom is 0.266 e. The van der Waals surface area contributed by atoms with Gasteiger partial charge in [0.15, 0.2) is 11.6 Å². The van der Waals surface area contributed by atoms with E-state index in [0.29, 0.717) is 17.7 Å². The SMILES string of the molecule is Cc1ccccc1Cc1c(F)c(F)cc2c1NC(=NCc1ccc(F)cc1F)NS2(=O)=O. The van der Waals surface area contributed by atoms with Crippen molar-refractivity contribution in [2.75, 3.05) is 5.32 Å². The third-order valence-electron chi connectivity index (χ3n) is 5.10. The Kier molecular flexibility index (Phi) is 5.64. The van der Waals surface area contributed by atoms with Gasteiger partial charge in [0, 0.05) is 23.6 Å². The highest BCUT2D eigenvalue weighted by Crippen LogP contribution is 2.34. The Morgan fingerprint density at radius 3 is 2.41 bits per heavy atom. The molecule has 32 heavy (non-hydrogen) atoms. The van der Waals surface area contributed by atoms with Crippen molar-refractivity contribution in [2.45, 2.75) is 24.8 Å². The number of halogens is 4. The number of fused-ring (bicyclic) bond motifs is 1. The molecule has 0 unspecified atom stereocenters. The van der Waals surface area contributed by atoms with E-state index in [1.165, 1.54) is 6.07 Å². The second-order valence-electron chi connectivity index (χ2n) is 7.26. The van der Waals surface area contributed by atoms with Crippen LogP contribution in [0.15, 0.2) is 58.4 Å². The quantitative estimate of drug-likeness (QED) is 0.564. The lowest BCUT2D eigenvalue weighted by Gasteiger charge is -2.25. The van der Waals surface area contributed by atoms with Crippen LogP contribution < -0.4 is 10.0 Å². The molecule has 3 aromatic rings. The van der Waals surface area contributed by atoms with Gasteiger partial charge in [-0.3, -0.25) is 0 Å². The van der Waals surface area contributed by atoms with Crippen LogP contribution in [-0.4, -0.2) is 14.4 Å². The summed E-state index contributed by atoms with van der Waals surface area (Å²) < 4.78 is 83.5. The molecule has 0 fully saturated rings. The number of sulfonamides is 1. The molecule has 0 spiro atoms. The molecule has 1 aliphatic heterocycles. The van der Waals surface area contributed by atoms with Gasteiger partial charge in [0.1, 0.15) is 16.5 Å². The number of rotatable bonds is 4. The maximum absolute atomic E-state index is 14.8. The van der Waals surface area contributed by atoms with Gasteiger partial charge in [-0.25, -0.2) is 35.7 Å². The Balaban J connectivity index is 1.76. The summed E-state index contributed by atoms with van der Waals surface area (Å²) >= 11 is 0. The van der Waals surface area contributed by atoms with E-state index < -0.39 is 38.2 Å². The normalized spacial score (nSPS) is 15.7. The molecule has 2 N–H and O–H groups in total. The molecule has 0 radical (unpaired) electrons. The molecule has 166 valence electrons. The first-order chi connectivity index (χ1) is 15.2. The average molecular weight is 463 g/mol. The van der Waals surface area contributed by atoms with E-state index in [1.54, 1.807) is 31.2 Å². The Morgan fingerprint density at radius 1 is 0.938 bits per heavy atom. The molecule has 4 rings (SSSR count). The van der Waals surface area contributed by atoms with Gasteiger partial charge in [-0.05, 0) is 30.2 Å². The largest absolute Gasteiger partial charge is 0.324 e. The van der Waals surface area contributed by atoms with E-state index in [0.717, 1.165) is 11.6 Å². The Hall–Kier alpha value is -3.40. The van der Waals surface area contributed by atoms with Crippen molar-refractivity contribution in [3.8, 4) is 0 Å². The van der Waals surface area contributed by atoms with Gasteiger partial charge >= 0.3 is 0 Å². The van der Waals surface area contributed by atoms with Crippen molar-refractivity contribution in [3.63, 3.8) is 0 Å². The van der Waals surface area contributed by atoms with Gasteiger partial charge in [0.05, 0.1) is 12.2 Å². The minimum Gasteiger partial charge on any atom is -0.324 e. The van der Waals surface area contributed by atoms with E-state index in [-0.39, 0.29) is 35.7 Å². The van der Waals surface area contributed by atoms with Gasteiger partial charge in [0.2, 0.25) is 5.96 Å². The molecule has 3 aromatic carbocycles. The van der Waals surface area contributed by atoms with Gasteiger partial charge in [-0.1, -0.05) is 30.3 Å². The first kappa shape index (κ1) is 21.8. The summed E-state index contributed by atoms with van der Waals surface area (Å²) in [7, 11) is -4.28. The zero-order valence-electron chi connectivity index (χ0n) is 16.7. The number of hydrogen-bond donors (Lipinski definition) is 2. The molecule has 0 aromatic heterocycles. The predicted octanol–water partition coefficient (Wildman–Crippen LogP) is 4.40. The highest BCUT2D eigenvalue weighted by Gasteiger charge is 2.32. The zero-order valence-corrected chi connectivity index (χ0v) is 17.5. The molecule has 1 aliphatic rings. The molecule has 1 heterocycles. The van der Waals surface area contributed by atoms with Gasteiger partial charge < -0.3 is 5.32 Å².